The van der Waals surface area contributed by atoms with Crippen molar-refractivity contribution in [2.75, 3.05) is 5.06 Å². The quantitative estimate of drug-likeness (QED) is 0.576. The third-order valence-corrected chi connectivity index (χ3v) is 4.00. The van der Waals surface area contributed by atoms with E-state index in [1.165, 1.54) is 16.7 Å². The number of hydrogen-bond acceptors (Lipinski definition) is 2. The maximum absolute atomic E-state index is 11.9. The normalized spacial score (nSPS) is 11.9. The van der Waals surface area contributed by atoms with E-state index in [1.807, 2.05) is 37.3 Å². The number of anilines is 1. The van der Waals surface area contributed by atoms with Gasteiger partial charge in [-0.1, -0.05) is 43.7 Å². The highest BCUT2D eigenvalue weighted by atomic mass is 16.5. The molecule has 2 aromatic rings. The van der Waals surface area contributed by atoms with Gasteiger partial charge in [0, 0.05) is 6.42 Å². The van der Waals surface area contributed by atoms with Crippen LogP contribution < -0.4 is 5.06 Å². The van der Waals surface area contributed by atoms with Crippen molar-refractivity contribution in [1.82, 2.24) is 0 Å². The molecule has 0 heterocycles. The van der Waals surface area contributed by atoms with Crippen LogP contribution in [0.5, 0.6) is 0 Å². The number of unbranched alkanes of at least 4 members (excludes halogenated alkanes) is 1. The van der Waals surface area contributed by atoms with E-state index < -0.39 is 0 Å². The zero-order valence-electron chi connectivity index (χ0n) is 12.2. The van der Waals surface area contributed by atoms with Crippen molar-refractivity contribution >= 4 is 11.6 Å². The van der Waals surface area contributed by atoms with E-state index in [2.05, 4.69) is 12.1 Å². The summed E-state index contributed by atoms with van der Waals surface area (Å²) in [5.41, 5.74) is 5.47. The number of benzene rings is 2. The van der Waals surface area contributed by atoms with E-state index in [-0.39, 0.29) is 5.91 Å². The first-order valence-electron chi connectivity index (χ1n) is 7.43. The van der Waals surface area contributed by atoms with Crippen LogP contribution in [0.15, 0.2) is 42.5 Å². The molecule has 0 fully saturated rings. The van der Waals surface area contributed by atoms with Gasteiger partial charge in [-0.2, -0.15) is 5.06 Å². The van der Waals surface area contributed by atoms with Crippen molar-refractivity contribution in [3.63, 3.8) is 0 Å². The van der Waals surface area contributed by atoms with E-state index in [0.717, 1.165) is 29.9 Å². The first-order valence-corrected chi connectivity index (χ1v) is 7.43. The fraction of sp³-hybridized carbons (Fsp3) is 0.278. The number of amides is 1. The first-order chi connectivity index (χ1) is 10.2. The van der Waals surface area contributed by atoms with Gasteiger partial charge < -0.3 is 0 Å². The molecule has 0 saturated heterocycles. The molecule has 1 aliphatic rings. The molecule has 0 radical (unpaired) electrons. The van der Waals surface area contributed by atoms with E-state index in [0.29, 0.717) is 12.1 Å². The Balaban J connectivity index is 1.85. The average molecular weight is 281 g/mol. The largest absolute Gasteiger partial charge is 0.281 e. The minimum atomic E-state index is -0.243. The number of nitrogens with zero attached hydrogens (tertiary/aromatic N) is 1. The van der Waals surface area contributed by atoms with Crippen LogP contribution in [0.25, 0.3) is 11.1 Å². The molecule has 0 unspecified atom stereocenters. The van der Waals surface area contributed by atoms with Crippen molar-refractivity contribution in [1.29, 1.82) is 0 Å². The van der Waals surface area contributed by atoms with Crippen LogP contribution in [0.3, 0.4) is 0 Å². The van der Waals surface area contributed by atoms with Crippen LogP contribution in [-0.2, 0) is 11.2 Å². The third kappa shape index (κ3) is 2.57. The van der Waals surface area contributed by atoms with Gasteiger partial charge in [0.25, 0.3) is 5.91 Å². The summed E-state index contributed by atoms with van der Waals surface area (Å²) >= 11 is 0. The van der Waals surface area contributed by atoms with E-state index in [9.17, 15) is 10.0 Å². The van der Waals surface area contributed by atoms with Gasteiger partial charge in [0.15, 0.2) is 0 Å². The van der Waals surface area contributed by atoms with Gasteiger partial charge in [-0.3, -0.25) is 10.0 Å². The number of hydroxylamine groups is 1. The summed E-state index contributed by atoms with van der Waals surface area (Å²) in [5.74, 6) is -0.243. The molecule has 1 aliphatic carbocycles. The molecular formula is C18H19NO2. The Morgan fingerprint density at radius 3 is 2.71 bits per heavy atom. The summed E-state index contributed by atoms with van der Waals surface area (Å²) in [6.45, 7) is 2.03. The van der Waals surface area contributed by atoms with Crippen molar-refractivity contribution in [2.45, 2.75) is 32.6 Å². The third-order valence-electron chi connectivity index (χ3n) is 4.00. The number of hydrogen-bond donors (Lipinski definition) is 1. The van der Waals surface area contributed by atoms with Crippen molar-refractivity contribution in [3.05, 3.63) is 53.6 Å². The van der Waals surface area contributed by atoms with Crippen LogP contribution in [0.4, 0.5) is 5.69 Å². The molecule has 108 valence electrons. The van der Waals surface area contributed by atoms with Gasteiger partial charge in [-0.05, 0) is 47.2 Å². The van der Waals surface area contributed by atoms with Crippen molar-refractivity contribution in [3.8, 4) is 11.1 Å². The van der Waals surface area contributed by atoms with Crippen LogP contribution in [0.2, 0.25) is 0 Å². The lowest BCUT2D eigenvalue weighted by atomic mass is 10.1. The van der Waals surface area contributed by atoms with E-state index >= 15 is 0 Å². The molecule has 2 aromatic carbocycles. The Bertz CT molecular complexity index is 679. The second kappa shape index (κ2) is 5.70. The monoisotopic (exact) mass is 281 g/mol. The van der Waals surface area contributed by atoms with Gasteiger partial charge in [0.05, 0.1) is 5.69 Å². The molecule has 0 aliphatic heterocycles. The van der Waals surface area contributed by atoms with Gasteiger partial charge in [-0.25, -0.2) is 0 Å². The summed E-state index contributed by atoms with van der Waals surface area (Å²) in [7, 11) is 0. The molecule has 3 heteroatoms. The smallest absolute Gasteiger partial charge is 0.250 e. The Kier molecular flexibility index (Phi) is 3.76. The minimum Gasteiger partial charge on any atom is -0.281 e. The van der Waals surface area contributed by atoms with Gasteiger partial charge in [0.1, 0.15) is 0 Å². The predicted molar refractivity (Wildman–Crippen MR) is 83.5 cm³/mol. The molecule has 0 atom stereocenters. The van der Waals surface area contributed by atoms with Crippen molar-refractivity contribution < 1.29 is 10.0 Å². The number of fused-ring (bicyclic) bond motifs is 3. The molecule has 3 nitrogen and oxygen atoms in total. The molecule has 1 amide bonds. The lowest BCUT2D eigenvalue weighted by Gasteiger charge is -2.16. The summed E-state index contributed by atoms with van der Waals surface area (Å²) in [6.07, 6.45) is 2.98. The Morgan fingerprint density at radius 1 is 1.14 bits per heavy atom. The van der Waals surface area contributed by atoms with Crippen LogP contribution in [-0.4, -0.2) is 11.1 Å². The molecule has 1 N–H and O–H groups in total. The molecule has 21 heavy (non-hydrogen) atoms. The molecule has 0 saturated carbocycles. The Labute approximate surface area is 124 Å². The number of rotatable bonds is 4. The number of carbonyl (C=O) groups is 1. The second-order valence-corrected chi connectivity index (χ2v) is 5.48. The Morgan fingerprint density at radius 2 is 1.90 bits per heavy atom. The lowest BCUT2D eigenvalue weighted by Crippen LogP contribution is -2.26. The summed E-state index contributed by atoms with van der Waals surface area (Å²) in [5, 5.41) is 10.8. The van der Waals surface area contributed by atoms with Crippen LogP contribution in [0, 0.1) is 0 Å². The molecule has 0 spiro atoms. The zero-order chi connectivity index (χ0) is 14.8. The fourth-order valence-electron chi connectivity index (χ4n) is 2.84. The molecule has 0 bridgehead atoms. The zero-order valence-corrected chi connectivity index (χ0v) is 12.2. The Hall–Kier alpha value is -2.13. The minimum absolute atomic E-state index is 0.243. The standard InChI is InChI=1S/C18H19NO2/c1-2-3-8-18(20)19(21)15-9-10-17-14(12-15)11-13-6-4-5-7-16(13)17/h4-7,9-10,12,21H,2-3,8,11H2,1H3. The maximum atomic E-state index is 11.9. The summed E-state index contributed by atoms with van der Waals surface area (Å²) < 4.78 is 0. The van der Waals surface area contributed by atoms with Crippen LogP contribution in [0.1, 0.15) is 37.3 Å². The molecule has 0 aromatic heterocycles. The highest BCUT2D eigenvalue weighted by Crippen LogP contribution is 2.38. The average Bonchev–Trinajstić information content (AvgIpc) is 2.89. The van der Waals surface area contributed by atoms with Gasteiger partial charge in [-0.15, -0.1) is 0 Å². The van der Waals surface area contributed by atoms with Gasteiger partial charge in [0.2, 0.25) is 0 Å². The summed E-state index contributed by atoms with van der Waals surface area (Å²) in [4.78, 5) is 11.9. The van der Waals surface area contributed by atoms with E-state index in [1.54, 1.807) is 0 Å². The van der Waals surface area contributed by atoms with Crippen LogP contribution >= 0.6 is 0 Å². The van der Waals surface area contributed by atoms with E-state index in [4.69, 9.17) is 0 Å². The highest BCUT2D eigenvalue weighted by Gasteiger charge is 2.20. The molecular weight excluding hydrogens is 262 g/mol. The lowest BCUT2D eigenvalue weighted by molar-refractivity contribution is -0.123. The highest BCUT2D eigenvalue weighted by molar-refractivity contribution is 5.92. The van der Waals surface area contributed by atoms with Crippen molar-refractivity contribution in [2.24, 2.45) is 0 Å². The topological polar surface area (TPSA) is 40.5 Å². The summed E-state index contributed by atoms with van der Waals surface area (Å²) in [6, 6.07) is 14.0. The molecule has 3 rings (SSSR count). The second-order valence-electron chi connectivity index (χ2n) is 5.48. The van der Waals surface area contributed by atoms with Gasteiger partial charge >= 0.3 is 0 Å². The maximum Gasteiger partial charge on any atom is 0.250 e. The first kappa shape index (κ1) is 13.8. The predicted octanol–water partition coefficient (Wildman–Crippen LogP) is 4.17. The SMILES string of the molecule is CCCCC(=O)N(O)c1ccc2c(c1)Cc1ccccc1-2. The fourth-order valence-corrected chi connectivity index (χ4v) is 2.84. The number of carbonyl (C=O) groups excluding carboxylic acids is 1.